The third-order valence-electron chi connectivity index (χ3n) is 4.05. The predicted octanol–water partition coefficient (Wildman–Crippen LogP) is 3.32. The lowest BCUT2D eigenvalue weighted by molar-refractivity contribution is -0.118. The van der Waals surface area contributed by atoms with E-state index >= 15 is 0 Å². The number of rotatable bonds is 3. The minimum Gasteiger partial charge on any atom is -0.340 e. The van der Waals surface area contributed by atoms with Gasteiger partial charge in [0.2, 0.25) is 5.91 Å². The van der Waals surface area contributed by atoms with Crippen molar-refractivity contribution in [2.75, 3.05) is 11.4 Å². The number of amides is 2. The van der Waals surface area contributed by atoms with Crippen LogP contribution >= 0.6 is 11.6 Å². The highest BCUT2D eigenvalue weighted by Gasteiger charge is 2.34. The van der Waals surface area contributed by atoms with E-state index in [2.05, 4.69) is 5.32 Å². The first-order valence-electron chi connectivity index (χ1n) is 7.60. The van der Waals surface area contributed by atoms with Crippen LogP contribution in [0.15, 0.2) is 42.5 Å². The van der Waals surface area contributed by atoms with Gasteiger partial charge in [0.05, 0.1) is 10.6 Å². The molecule has 0 aromatic heterocycles. The molecule has 1 aliphatic rings. The molecule has 4 nitrogen and oxygen atoms in total. The lowest BCUT2D eigenvalue weighted by Gasteiger charge is -2.17. The fourth-order valence-electron chi connectivity index (χ4n) is 2.74. The molecule has 1 atom stereocenters. The largest absolute Gasteiger partial charge is 0.340 e. The average molecular weight is 347 g/mol. The highest BCUT2D eigenvalue weighted by molar-refractivity contribution is 6.34. The Bertz CT molecular complexity index is 772. The van der Waals surface area contributed by atoms with Crippen molar-refractivity contribution in [3.8, 4) is 0 Å². The molecule has 3 rings (SSSR count). The Morgan fingerprint density at radius 3 is 2.62 bits per heavy atom. The van der Waals surface area contributed by atoms with E-state index in [1.165, 1.54) is 12.1 Å². The summed E-state index contributed by atoms with van der Waals surface area (Å²) < 4.78 is 13.8. The standard InChI is InChI=1S/C18H16ClFN2O2/c1-11-5-7-12(8-6-11)22-10-9-15(18(22)24)21-17(23)16-13(19)3-2-4-14(16)20/h2-8,15H,9-10H2,1H3,(H,21,23)/t15-/m1/s1. The zero-order valence-electron chi connectivity index (χ0n) is 13.1. The van der Waals surface area contributed by atoms with Crippen molar-refractivity contribution in [1.82, 2.24) is 5.32 Å². The fourth-order valence-corrected chi connectivity index (χ4v) is 2.99. The van der Waals surface area contributed by atoms with Gasteiger partial charge in [0, 0.05) is 12.2 Å². The highest BCUT2D eigenvalue weighted by Crippen LogP contribution is 2.23. The highest BCUT2D eigenvalue weighted by atomic mass is 35.5. The van der Waals surface area contributed by atoms with Gasteiger partial charge in [-0.05, 0) is 37.6 Å². The van der Waals surface area contributed by atoms with Crippen LogP contribution in [0, 0.1) is 12.7 Å². The third kappa shape index (κ3) is 3.12. The molecule has 0 aliphatic carbocycles. The molecule has 2 amide bonds. The lowest BCUT2D eigenvalue weighted by Crippen LogP contribution is -2.41. The van der Waals surface area contributed by atoms with Gasteiger partial charge in [-0.1, -0.05) is 35.4 Å². The topological polar surface area (TPSA) is 49.4 Å². The number of halogens is 2. The van der Waals surface area contributed by atoms with Gasteiger partial charge in [0.25, 0.3) is 5.91 Å². The second-order valence-corrected chi connectivity index (χ2v) is 6.14. The van der Waals surface area contributed by atoms with E-state index in [9.17, 15) is 14.0 Å². The van der Waals surface area contributed by atoms with E-state index in [4.69, 9.17) is 11.6 Å². The third-order valence-corrected chi connectivity index (χ3v) is 4.36. The molecule has 1 heterocycles. The van der Waals surface area contributed by atoms with Crippen LogP contribution in [0.1, 0.15) is 22.3 Å². The van der Waals surface area contributed by atoms with Crippen molar-refractivity contribution < 1.29 is 14.0 Å². The van der Waals surface area contributed by atoms with Gasteiger partial charge < -0.3 is 10.2 Å². The maximum absolute atomic E-state index is 13.8. The van der Waals surface area contributed by atoms with E-state index in [1.54, 1.807) is 4.90 Å². The van der Waals surface area contributed by atoms with Crippen LogP contribution in [0.2, 0.25) is 5.02 Å². The molecular formula is C18H16ClFN2O2. The fraction of sp³-hybridized carbons (Fsp3) is 0.222. The molecule has 2 aromatic carbocycles. The van der Waals surface area contributed by atoms with Crippen LogP contribution in [0.3, 0.4) is 0 Å². The Morgan fingerprint density at radius 1 is 1.25 bits per heavy atom. The van der Waals surface area contributed by atoms with Crippen LogP contribution in [0.5, 0.6) is 0 Å². The van der Waals surface area contributed by atoms with Gasteiger partial charge in [-0.3, -0.25) is 9.59 Å². The minimum absolute atomic E-state index is 0.0216. The van der Waals surface area contributed by atoms with Crippen LogP contribution in [-0.2, 0) is 4.79 Å². The molecule has 2 aromatic rings. The molecule has 0 unspecified atom stereocenters. The second kappa shape index (κ2) is 6.61. The number of nitrogens with zero attached hydrogens (tertiary/aromatic N) is 1. The molecule has 6 heteroatoms. The first-order chi connectivity index (χ1) is 11.5. The number of hydrogen-bond acceptors (Lipinski definition) is 2. The molecular weight excluding hydrogens is 331 g/mol. The van der Waals surface area contributed by atoms with Crippen LogP contribution < -0.4 is 10.2 Å². The van der Waals surface area contributed by atoms with Gasteiger partial charge in [-0.2, -0.15) is 0 Å². The second-order valence-electron chi connectivity index (χ2n) is 5.74. The molecule has 0 spiro atoms. The van der Waals surface area contributed by atoms with Crippen molar-refractivity contribution in [2.24, 2.45) is 0 Å². The number of carbonyl (C=O) groups is 2. The summed E-state index contributed by atoms with van der Waals surface area (Å²) in [7, 11) is 0. The Morgan fingerprint density at radius 2 is 1.96 bits per heavy atom. The number of benzene rings is 2. The summed E-state index contributed by atoms with van der Waals surface area (Å²) in [6, 6.07) is 10.9. The van der Waals surface area contributed by atoms with Crippen molar-refractivity contribution in [3.05, 3.63) is 64.4 Å². The zero-order valence-corrected chi connectivity index (χ0v) is 13.8. The predicted molar refractivity (Wildman–Crippen MR) is 90.8 cm³/mol. The number of aryl methyl sites for hydroxylation is 1. The molecule has 24 heavy (non-hydrogen) atoms. The number of carbonyl (C=O) groups excluding carboxylic acids is 2. The van der Waals surface area contributed by atoms with E-state index < -0.39 is 17.8 Å². The molecule has 1 saturated heterocycles. The summed E-state index contributed by atoms with van der Waals surface area (Å²) in [6.07, 6.45) is 0.463. The number of nitrogens with one attached hydrogen (secondary N) is 1. The van der Waals surface area contributed by atoms with Gasteiger partial charge in [0.1, 0.15) is 11.9 Å². The van der Waals surface area contributed by atoms with E-state index in [-0.39, 0.29) is 16.5 Å². The summed E-state index contributed by atoms with van der Waals surface area (Å²) >= 11 is 5.89. The Labute approximate surface area is 144 Å². The lowest BCUT2D eigenvalue weighted by atomic mass is 10.1. The van der Waals surface area contributed by atoms with Crippen LogP contribution in [0.25, 0.3) is 0 Å². The normalized spacial score (nSPS) is 17.2. The van der Waals surface area contributed by atoms with Crippen molar-refractivity contribution in [2.45, 2.75) is 19.4 Å². The van der Waals surface area contributed by atoms with Gasteiger partial charge >= 0.3 is 0 Å². The summed E-state index contributed by atoms with van der Waals surface area (Å²) in [6.45, 7) is 2.47. The number of anilines is 1. The first kappa shape index (κ1) is 16.5. The molecule has 1 N–H and O–H groups in total. The first-order valence-corrected chi connectivity index (χ1v) is 7.98. The summed E-state index contributed by atoms with van der Waals surface area (Å²) in [4.78, 5) is 26.4. The van der Waals surface area contributed by atoms with E-state index in [0.717, 1.165) is 17.3 Å². The summed E-state index contributed by atoms with van der Waals surface area (Å²) in [5.74, 6) is -1.59. The molecule has 0 saturated carbocycles. The minimum atomic E-state index is -0.708. The van der Waals surface area contributed by atoms with Gasteiger partial charge in [-0.25, -0.2) is 4.39 Å². The summed E-state index contributed by atoms with van der Waals surface area (Å²) in [5, 5.41) is 2.60. The molecule has 124 valence electrons. The molecule has 0 bridgehead atoms. The Hall–Kier alpha value is -2.40. The van der Waals surface area contributed by atoms with Crippen LogP contribution in [-0.4, -0.2) is 24.4 Å². The van der Waals surface area contributed by atoms with E-state index in [0.29, 0.717) is 13.0 Å². The van der Waals surface area contributed by atoms with Crippen molar-refractivity contribution >= 4 is 29.1 Å². The average Bonchev–Trinajstić information content (AvgIpc) is 2.89. The zero-order chi connectivity index (χ0) is 17.3. The Balaban J connectivity index is 1.74. The maximum atomic E-state index is 13.8. The quantitative estimate of drug-likeness (QED) is 0.926. The smallest absolute Gasteiger partial charge is 0.256 e. The molecule has 0 radical (unpaired) electrons. The van der Waals surface area contributed by atoms with E-state index in [1.807, 2.05) is 31.2 Å². The van der Waals surface area contributed by atoms with Crippen molar-refractivity contribution in [1.29, 1.82) is 0 Å². The van der Waals surface area contributed by atoms with Gasteiger partial charge in [-0.15, -0.1) is 0 Å². The number of hydrogen-bond donors (Lipinski definition) is 1. The van der Waals surface area contributed by atoms with Crippen LogP contribution in [0.4, 0.5) is 10.1 Å². The molecule has 1 aliphatic heterocycles. The maximum Gasteiger partial charge on any atom is 0.256 e. The monoisotopic (exact) mass is 346 g/mol. The summed E-state index contributed by atoms with van der Waals surface area (Å²) in [5.41, 5.74) is 1.65. The van der Waals surface area contributed by atoms with Crippen molar-refractivity contribution in [3.63, 3.8) is 0 Å². The Kier molecular flexibility index (Phi) is 4.53. The SMILES string of the molecule is Cc1ccc(N2CC[C@@H](NC(=O)c3c(F)cccc3Cl)C2=O)cc1. The molecule has 1 fully saturated rings. The van der Waals surface area contributed by atoms with Gasteiger partial charge in [0.15, 0.2) is 0 Å².